The minimum Gasteiger partial charge on any atom is -0.312 e. The van der Waals surface area contributed by atoms with Gasteiger partial charge in [-0.3, -0.25) is 9.88 Å². The molecule has 0 unspecified atom stereocenters. The Hall–Kier alpha value is -1.23. The molecule has 0 aliphatic carbocycles. The summed E-state index contributed by atoms with van der Waals surface area (Å²) in [6, 6.07) is 10.6. The molecule has 0 atom stereocenters. The van der Waals surface area contributed by atoms with E-state index in [1.807, 2.05) is 23.6 Å². The van der Waals surface area contributed by atoms with Gasteiger partial charge in [0.1, 0.15) is 0 Å². The molecule has 3 nitrogen and oxygen atoms in total. The van der Waals surface area contributed by atoms with Crippen molar-refractivity contribution in [3.8, 4) is 0 Å². The van der Waals surface area contributed by atoms with Crippen LogP contribution in [0.4, 0.5) is 0 Å². The van der Waals surface area contributed by atoms with Crippen molar-refractivity contribution in [1.29, 1.82) is 0 Å². The fourth-order valence-corrected chi connectivity index (χ4v) is 3.24. The molecule has 2 rings (SSSR count). The normalized spacial score (nSPS) is 11.2. The monoisotopic (exact) mass is 303 g/mol. The maximum Gasteiger partial charge on any atom is 0.0544 e. The number of pyridine rings is 1. The molecule has 0 aliphatic rings. The molecule has 0 saturated carbocycles. The van der Waals surface area contributed by atoms with Gasteiger partial charge in [-0.1, -0.05) is 19.9 Å². The molecule has 0 bridgehead atoms. The van der Waals surface area contributed by atoms with Crippen molar-refractivity contribution in [2.45, 2.75) is 39.9 Å². The van der Waals surface area contributed by atoms with Crippen LogP contribution in [0.1, 0.15) is 35.7 Å². The summed E-state index contributed by atoms with van der Waals surface area (Å²) in [5, 5.41) is 3.46. The van der Waals surface area contributed by atoms with Gasteiger partial charge >= 0.3 is 0 Å². The van der Waals surface area contributed by atoms with Crippen molar-refractivity contribution >= 4 is 11.3 Å². The number of nitrogens with zero attached hydrogens (tertiary/aromatic N) is 2. The van der Waals surface area contributed by atoms with E-state index < -0.39 is 0 Å². The van der Waals surface area contributed by atoms with Gasteiger partial charge in [0.25, 0.3) is 0 Å². The van der Waals surface area contributed by atoms with E-state index in [1.165, 1.54) is 16.2 Å². The lowest BCUT2D eigenvalue weighted by molar-refractivity contribution is 0.270. The van der Waals surface area contributed by atoms with Crippen LogP contribution in [0.25, 0.3) is 0 Å². The summed E-state index contributed by atoms with van der Waals surface area (Å²) >= 11 is 1.91. The first-order valence-corrected chi connectivity index (χ1v) is 8.54. The molecular weight excluding hydrogens is 278 g/mol. The maximum atomic E-state index is 4.41. The molecule has 0 amide bonds. The van der Waals surface area contributed by atoms with Crippen molar-refractivity contribution < 1.29 is 0 Å². The number of aromatic nitrogens is 1. The molecular formula is C17H25N3S. The highest BCUT2D eigenvalue weighted by molar-refractivity contribution is 7.11. The van der Waals surface area contributed by atoms with Crippen LogP contribution < -0.4 is 5.32 Å². The molecule has 2 aromatic heterocycles. The number of nitrogens with one attached hydrogen (secondary N) is 1. The molecule has 2 aromatic rings. The molecule has 0 spiro atoms. The van der Waals surface area contributed by atoms with Gasteiger partial charge in [-0.15, -0.1) is 11.3 Å². The number of rotatable bonds is 9. The van der Waals surface area contributed by atoms with Gasteiger partial charge in [-0.2, -0.15) is 0 Å². The molecule has 4 heteroatoms. The maximum absolute atomic E-state index is 4.41. The fraction of sp³-hybridized carbons (Fsp3) is 0.471. The summed E-state index contributed by atoms with van der Waals surface area (Å²) < 4.78 is 0. The lowest BCUT2D eigenvalue weighted by Gasteiger charge is -2.18. The second kappa shape index (κ2) is 8.93. The molecule has 2 heterocycles. The van der Waals surface area contributed by atoms with Gasteiger partial charge in [-0.25, -0.2) is 0 Å². The van der Waals surface area contributed by atoms with E-state index in [9.17, 15) is 0 Å². The van der Waals surface area contributed by atoms with Crippen molar-refractivity contribution in [3.05, 3.63) is 52.0 Å². The van der Waals surface area contributed by atoms with Crippen molar-refractivity contribution in [2.75, 3.05) is 13.1 Å². The van der Waals surface area contributed by atoms with Gasteiger partial charge in [0, 0.05) is 35.6 Å². The van der Waals surface area contributed by atoms with E-state index in [2.05, 4.69) is 53.3 Å². The van der Waals surface area contributed by atoms with Crippen LogP contribution in [0.15, 0.2) is 36.5 Å². The zero-order valence-electron chi connectivity index (χ0n) is 13.0. The zero-order chi connectivity index (χ0) is 14.9. The second-order valence-corrected chi connectivity index (χ2v) is 6.42. The Morgan fingerprint density at radius 3 is 2.67 bits per heavy atom. The van der Waals surface area contributed by atoms with Crippen molar-refractivity contribution in [1.82, 2.24) is 15.2 Å². The Labute approximate surface area is 132 Å². The predicted octanol–water partition coefficient (Wildman–Crippen LogP) is 3.66. The number of hydrogen-bond donors (Lipinski definition) is 1. The highest BCUT2D eigenvalue weighted by Gasteiger charge is 2.07. The van der Waals surface area contributed by atoms with Crippen LogP contribution in [-0.2, 0) is 19.6 Å². The lowest BCUT2D eigenvalue weighted by Crippen LogP contribution is -2.22. The Balaban J connectivity index is 1.86. The average Bonchev–Trinajstić information content (AvgIpc) is 2.95. The van der Waals surface area contributed by atoms with Crippen LogP contribution >= 0.6 is 11.3 Å². The van der Waals surface area contributed by atoms with Crippen LogP contribution in [0.2, 0.25) is 0 Å². The van der Waals surface area contributed by atoms with E-state index in [4.69, 9.17) is 0 Å². The van der Waals surface area contributed by atoms with Crippen LogP contribution in [-0.4, -0.2) is 23.0 Å². The standard InChI is InChI=1S/C17H25N3S/c1-3-10-18-12-16-8-9-17(21-16)14-20(4-2)13-15-7-5-6-11-19-15/h5-9,11,18H,3-4,10,12-14H2,1-2H3. The SMILES string of the molecule is CCCNCc1ccc(CN(CC)Cc2ccccn2)s1. The van der Waals surface area contributed by atoms with Gasteiger partial charge in [0.2, 0.25) is 0 Å². The van der Waals surface area contributed by atoms with E-state index in [0.717, 1.165) is 38.4 Å². The average molecular weight is 303 g/mol. The third-order valence-corrected chi connectivity index (χ3v) is 4.45. The Kier molecular flexibility index (Phi) is 6.86. The third kappa shape index (κ3) is 5.58. The van der Waals surface area contributed by atoms with Crippen LogP contribution in [0.5, 0.6) is 0 Å². The van der Waals surface area contributed by atoms with Crippen molar-refractivity contribution in [3.63, 3.8) is 0 Å². The minimum absolute atomic E-state index is 0.915. The third-order valence-electron chi connectivity index (χ3n) is 3.38. The Morgan fingerprint density at radius 2 is 1.95 bits per heavy atom. The zero-order valence-corrected chi connectivity index (χ0v) is 13.8. The summed E-state index contributed by atoms with van der Waals surface area (Å²) in [6.45, 7) is 9.45. The molecule has 0 aromatic carbocycles. The summed E-state index contributed by atoms with van der Waals surface area (Å²) in [5.41, 5.74) is 1.14. The summed E-state index contributed by atoms with van der Waals surface area (Å²) in [4.78, 5) is 9.70. The smallest absolute Gasteiger partial charge is 0.0544 e. The molecule has 0 saturated heterocycles. The van der Waals surface area contributed by atoms with Crippen molar-refractivity contribution in [2.24, 2.45) is 0 Å². The molecule has 1 N–H and O–H groups in total. The molecule has 114 valence electrons. The Bertz CT molecular complexity index is 510. The summed E-state index contributed by atoms with van der Waals surface area (Å²) in [5.74, 6) is 0. The lowest BCUT2D eigenvalue weighted by atomic mass is 10.3. The second-order valence-electron chi connectivity index (χ2n) is 5.17. The fourth-order valence-electron chi connectivity index (χ4n) is 2.21. The molecule has 21 heavy (non-hydrogen) atoms. The molecule has 0 radical (unpaired) electrons. The molecule has 0 fully saturated rings. The highest BCUT2D eigenvalue weighted by atomic mass is 32.1. The summed E-state index contributed by atoms with van der Waals surface area (Å²) in [7, 11) is 0. The largest absolute Gasteiger partial charge is 0.312 e. The first-order chi connectivity index (χ1) is 10.3. The first kappa shape index (κ1) is 16.1. The van der Waals surface area contributed by atoms with Crippen LogP contribution in [0.3, 0.4) is 0 Å². The topological polar surface area (TPSA) is 28.2 Å². The highest BCUT2D eigenvalue weighted by Crippen LogP contribution is 2.19. The van der Waals surface area contributed by atoms with E-state index >= 15 is 0 Å². The quantitative estimate of drug-likeness (QED) is 0.717. The number of thiophene rings is 1. The van der Waals surface area contributed by atoms with Gasteiger partial charge < -0.3 is 5.32 Å². The number of hydrogen-bond acceptors (Lipinski definition) is 4. The van der Waals surface area contributed by atoms with E-state index in [0.29, 0.717) is 0 Å². The van der Waals surface area contributed by atoms with E-state index in [1.54, 1.807) is 0 Å². The van der Waals surface area contributed by atoms with E-state index in [-0.39, 0.29) is 0 Å². The molecule has 0 aliphatic heterocycles. The minimum atomic E-state index is 0.915. The van der Waals surface area contributed by atoms with Gasteiger partial charge in [0.15, 0.2) is 0 Å². The Morgan fingerprint density at radius 1 is 1.10 bits per heavy atom. The first-order valence-electron chi connectivity index (χ1n) is 7.72. The van der Waals surface area contributed by atoms with Crippen LogP contribution in [0, 0.1) is 0 Å². The van der Waals surface area contributed by atoms with Gasteiger partial charge in [0.05, 0.1) is 5.69 Å². The summed E-state index contributed by atoms with van der Waals surface area (Å²) in [6.07, 6.45) is 3.05. The predicted molar refractivity (Wildman–Crippen MR) is 90.3 cm³/mol. The van der Waals surface area contributed by atoms with Gasteiger partial charge in [-0.05, 0) is 43.8 Å².